The zero-order valence-corrected chi connectivity index (χ0v) is 19.6. The number of halogens is 2. The number of nitrogen functional groups attached to an aromatic ring is 1. The fourth-order valence-corrected chi connectivity index (χ4v) is 3.79. The highest BCUT2D eigenvalue weighted by Crippen LogP contribution is 2.31. The minimum absolute atomic E-state index is 0.0339. The maximum Gasteiger partial charge on any atom is 0.294 e. The van der Waals surface area contributed by atoms with Crippen LogP contribution in [0.15, 0.2) is 70.4 Å². The molecule has 0 fully saturated rings. The van der Waals surface area contributed by atoms with E-state index < -0.39 is 5.91 Å². The Balaban J connectivity index is 1.51. The summed E-state index contributed by atoms with van der Waals surface area (Å²) in [4.78, 5) is 13.1. The molecule has 0 bridgehead atoms. The summed E-state index contributed by atoms with van der Waals surface area (Å²) in [6, 6.07) is 18.7. The lowest BCUT2D eigenvalue weighted by molar-refractivity contribution is 0.0950. The second kappa shape index (κ2) is 9.16. The molecule has 3 N–H and O–H groups in total. The van der Waals surface area contributed by atoms with Gasteiger partial charge in [0, 0.05) is 5.56 Å². The average Bonchev–Trinajstić information content (AvgIpc) is 3.49. The quantitative estimate of drug-likeness (QED) is 0.264. The highest BCUT2D eigenvalue weighted by Gasteiger charge is 2.25. The Kier molecular flexibility index (Phi) is 5.89. The van der Waals surface area contributed by atoms with Gasteiger partial charge in [-0.1, -0.05) is 70.9 Å². The molecule has 0 atom stereocenters. The Morgan fingerprint density at radius 2 is 1.83 bits per heavy atom. The van der Waals surface area contributed by atoms with Gasteiger partial charge in [0.2, 0.25) is 11.6 Å². The van der Waals surface area contributed by atoms with Gasteiger partial charge in [-0.25, -0.2) is 10.1 Å². The predicted molar refractivity (Wildman–Crippen MR) is 133 cm³/mol. The lowest BCUT2D eigenvalue weighted by Gasteiger charge is -2.08. The molecule has 0 spiro atoms. The summed E-state index contributed by atoms with van der Waals surface area (Å²) in [5.41, 5.74) is 10.5. The SMILES string of the molecule is CC(=NNC(=O)c1nnn(-c2nonc2N)c1-c1ccc(Cl)c(Cl)c1)c1ccc2ccccc2c1. The number of nitrogens with two attached hydrogens (primary N) is 1. The maximum absolute atomic E-state index is 13.1. The van der Waals surface area contributed by atoms with Crippen LogP contribution in [0.3, 0.4) is 0 Å². The minimum atomic E-state index is -0.604. The first-order valence-electron chi connectivity index (χ1n) is 10.3. The molecule has 0 aliphatic carbocycles. The first-order valence-corrected chi connectivity index (χ1v) is 11.0. The largest absolute Gasteiger partial charge is 0.378 e. The number of anilines is 1. The lowest BCUT2D eigenvalue weighted by Crippen LogP contribution is -2.21. The van der Waals surface area contributed by atoms with Crippen LogP contribution in [0.1, 0.15) is 23.0 Å². The number of carbonyl (C=O) groups excluding carboxylic acids is 1. The minimum Gasteiger partial charge on any atom is -0.378 e. The summed E-state index contributed by atoms with van der Waals surface area (Å²) in [6.07, 6.45) is 0. The van der Waals surface area contributed by atoms with Crippen molar-refractivity contribution in [2.24, 2.45) is 5.10 Å². The molecule has 3 aromatic carbocycles. The van der Waals surface area contributed by atoms with Gasteiger partial charge in [-0.3, -0.25) is 4.79 Å². The molecule has 1 amide bonds. The molecule has 5 rings (SSSR count). The van der Waals surface area contributed by atoms with Crippen LogP contribution in [-0.4, -0.2) is 36.9 Å². The third-order valence-electron chi connectivity index (χ3n) is 5.27. The fourth-order valence-electron chi connectivity index (χ4n) is 3.49. The van der Waals surface area contributed by atoms with Gasteiger partial charge in [0.15, 0.2) is 5.69 Å². The van der Waals surface area contributed by atoms with Crippen molar-refractivity contribution in [3.05, 3.63) is 82.0 Å². The van der Waals surface area contributed by atoms with E-state index in [0.29, 0.717) is 16.3 Å². The Hall–Kier alpha value is -4.28. The topological polar surface area (TPSA) is 137 Å². The molecular formula is C23H16Cl2N8O2. The Morgan fingerprint density at radius 3 is 2.57 bits per heavy atom. The molecule has 0 saturated heterocycles. The van der Waals surface area contributed by atoms with E-state index in [2.05, 4.69) is 35.8 Å². The highest BCUT2D eigenvalue weighted by molar-refractivity contribution is 6.42. The molecule has 5 aromatic rings. The van der Waals surface area contributed by atoms with E-state index in [0.717, 1.165) is 16.3 Å². The molecule has 10 nitrogen and oxygen atoms in total. The van der Waals surface area contributed by atoms with Crippen LogP contribution >= 0.6 is 23.2 Å². The molecule has 0 aliphatic heterocycles. The highest BCUT2D eigenvalue weighted by atomic mass is 35.5. The van der Waals surface area contributed by atoms with Crippen LogP contribution < -0.4 is 11.2 Å². The molecule has 0 saturated carbocycles. The molecular weight excluding hydrogens is 491 g/mol. The monoisotopic (exact) mass is 506 g/mol. The van der Waals surface area contributed by atoms with Gasteiger partial charge in [0.1, 0.15) is 5.69 Å². The Labute approximate surface area is 208 Å². The van der Waals surface area contributed by atoms with Crippen molar-refractivity contribution < 1.29 is 9.42 Å². The van der Waals surface area contributed by atoms with E-state index in [-0.39, 0.29) is 28.0 Å². The summed E-state index contributed by atoms with van der Waals surface area (Å²) >= 11 is 12.3. The van der Waals surface area contributed by atoms with Gasteiger partial charge < -0.3 is 5.73 Å². The van der Waals surface area contributed by atoms with Crippen LogP contribution in [0.4, 0.5) is 5.82 Å². The van der Waals surface area contributed by atoms with Gasteiger partial charge in [-0.15, -0.1) is 5.10 Å². The van der Waals surface area contributed by atoms with E-state index in [1.54, 1.807) is 25.1 Å². The third kappa shape index (κ3) is 4.32. The van der Waals surface area contributed by atoms with Crippen LogP contribution in [-0.2, 0) is 0 Å². The van der Waals surface area contributed by atoms with Crippen molar-refractivity contribution in [3.63, 3.8) is 0 Å². The van der Waals surface area contributed by atoms with E-state index in [1.807, 2.05) is 42.5 Å². The number of nitrogens with zero attached hydrogens (tertiary/aromatic N) is 6. The number of hydrogen-bond donors (Lipinski definition) is 2. The summed E-state index contributed by atoms with van der Waals surface area (Å²) in [5.74, 6) is -0.575. The maximum atomic E-state index is 13.1. The first kappa shape index (κ1) is 22.5. The van der Waals surface area contributed by atoms with Crippen molar-refractivity contribution in [2.45, 2.75) is 6.92 Å². The van der Waals surface area contributed by atoms with Gasteiger partial charge in [-0.05, 0) is 51.8 Å². The zero-order chi connectivity index (χ0) is 24.5. The number of fused-ring (bicyclic) bond motifs is 1. The number of amides is 1. The molecule has 12 heteroatoms. The second-order valence-corrected chi connectivity index (χ2v) is 8.31. The van der Waals surface area contributed by atoms with Crippen molar-refractivity contribution in [3.8, 4) is 17.1 Å². The molecule has 0 radical (unpaired) electrons. The average molecular weight is 507 g/mol. The number of nitrogens with one attached hydrogen (secondary N) is 1. The summed E-state index contributed by atoms with van der Waals surface area (Å²) in [5, 5.41) is 22.4. The normalized spacial score (nSPS) is 11.7. The number of carbonyl (C=O) groups is 1. The van der Waals surface area contributed by atoms with E-state index in [4.69, 9.17) is 28.9 Å². The van der Waals surface area contributed by atoms with Crippen LogP contribution in [0, 0.1) is 0 Å². The van der Waals surface area contributed by atoms with Gasteiger partial charge in [-0.2, -0.15) is 9.78 Å². The number of benzene rings is 3. The van der Waals surface area contributed by atoms with E-state index in [9.17, 15) is 4.79 Å². The summed E-state index contributed by atoms with van der Waals surface area (Å²) < 4.78 is 5.91. The molecule has 0 unspecified atom stereocenters. The number of hydrogen-bond acceptors (Lipinski definition) is 8. The van der Waals surface area contributed by atoms with E-state index >= 15 is 0 Å². The molecule has 2 heterocycles. The van der Waals surface area contributed by atoms with Crippen LogP contribution in [0.5, 0.6) is 0 Å². The van der Waals surface area contributed by atoms with Crippen molar-refractivity contribution in [1.82, 2.24) is 30.7 Å². The standard InChI is InChI=1S/C23H16Cl2N8O2/c1-12(14-7-6-13-4-2-3-5-15(13)10-14)27-29-23(34)19-20(16-8-9-17(24)18(25)11-16)33(32-28-19)22-21(26)30-35-31-22/h2-11H,1H3,(H2,26,30)(H,29,34). The number of hydrazone groups is 1. The second-order valence-electron chi connectivity index (χ2n) is 7.50. The molecule has 35 heavy (non-hydrogen) atoms. The summed E-state index contributed by atoms with van der Waals surface area (Å²) in [7, 11) is 0. The molecule has 0 aliphatic rings. The van der Waals surface area contributed by atoms with Crippen LogP contribution in [0.2, 0.25) is 10.0 Å². The van der Waals surface area contributed by atoms with Crippen molar-refractivity contribution in [1.29, 1.82) is 0 Å². The molecule has 174 valence electrons. The number of rotatable bonds is 5. The van der Waals surface area contributed by atoms with Gasteiger partial charge >= 0.3 is 0 Å². The van der Waals surface area contributed by atoms with Crippen molar-refractivity contribution >= 4 is 51.4 Å². The molecule has 2 aromatic heterocycles. The predicted octanol–water partition coefficient (Wildman–Crippen LogP) is 4.51. The Bertz CT molecular complexity index is 1610. The fraction of sp³-hybridized carbons (Fsp3) is 0.0435. The first-order chi connectivity index (χ1) is 16.9. The van der Waals surface area contributed by atoms with Gasteiger partial charge in [0.05, 0.1) is 15.8 Å². The third-order valence-corrected chi connectivity index (χ3v) is 6.01. The zero-order valence-electron chi connectivity index (χ0n) is 18.1. The van der Waals surface area contributed by atoms with Gasteiger partial charge in [0.25, 0.3) is 5.91 Å². The number of aromatic nitrogens is 5. The van der Waals surface area contributed by atoms with Crippen molar-refractivity contribution in [2.75, 3.05) is 5.73 Å². The lowest BCUT2D eigenvalue weighted by atomic mass is 10.0. The smallest absolute Gasteiger partial charge is 0.294 e. The van der Waals surface area contributed by atoms with Crippen LogP contribution in [0.25, 0.3) is 27.8 Å². The van der Waals surface area contributed by atoms with E-state index in [1.165, 1.54) is 4.68 Å². The summed E-state index contributed by atoms with van der Waals surface area (Å²) in [6.45, 7) is 1.79. The Morgan fingerprint density at radius 1 is 1.03 bits per heavy atom.